The molecule has 1 N–H and O–H groups in total. The van der Waals surface area contributed by atoms with Gasteiger partial charge in [0, 0.05) is 23.6 Å². The first-order valence-corrected chi connectivity index (χ1v) is 8.88. The molecule has 1 aromatic carbocycles. The third-order valence-electron chi connectivity index (χ3n) is 5.03. The van der Waals surface area contributed by atoms with Gasteiger partial charge in [-0.2, -0.15) is 4.98 Å². The molecule has 2 aromatic rings. The van der Waals surface area contributed by atoms with Crippen LogP contribution in [-0.4, -0.2) is 21.0 Å². The lowest BCUT2D eigenvalue weighted by molar-refractivity contribution is -0.384. The average molecular weight is 358 g/mol. The second-order valence-electron chi connectivity index (χ2n) is 6.76. The van der Waals surface area contributed by atoms with Crippen molar-refractivity contribution < 1.29 is 14.2 Å². The fraction of sp³-hybridized carbons (Fsp3) is 0.500. The molecule has 0 radical (unpaired) electrons. The van der Waals surface area contributed by atoms with Gasteiger partial charge in [-0.1, -0.05) is 31.8 Å². The van der Waals surface area contributed by atoms with Gasteiger partial charge in [0.15, 0.2) is 0 Å². The Labute approximate surface area is 151 Å². The molecule has 2 atom stereocenters. The van der Waals surface area contributed by atoms with Crippen LogP contribution in [-0.2, 0) is 4.79 Å². The molecule has 1 aromatic heterocycles. The molecule has 1 amide bonds. The predicted octanol–water partition coefficient (Wildman–Crippen LogP) is 3.65. The highest BCUT2D eigenvalue weighted by atomic mass is 16.6. The molecule has 8 heteroatoms. The second kappa shape index (κ2) is 7.63. The molecular formula is C18H22N4O4. The number of rotatable bonds is 7. The number of carbonyl (C=O) groups excluding carboxylic acids is 1. The van der Waals surface area contributed by atoms with E-state index in [9.17, 15) is 14.9 Å². The van der Waals surface area contributed by atoms with E-state index in [-0.39, 0.29) is 29.5 Å². The maximum absolute atomic E-state index is 12.3. The van der Waals surface area contributed by atoms with Crippen molar-refractivity contribution in [1.82, 2.24) is 15.5 Å². The molecule has 3 rings (SSSR count). The molecule has 1 saturated carbocycles. The fourth-order valence-electron chi connectivity index (χ4n) is 2.84. The van der Waals surface area contributed by atoms with E-state index in [1.165, 1.54) is 12.1 Å². The van der Waals surface area contributed by atoms with Crippen LogP contribution in [0.25, 0.3) is 11.4 Å². The number of non-ortho nitro benzene ring substituents is 1. The van der Waals surface area contributed by atoms with Gasteiger partial charge in [0.1, 0.15) is 6.04 Å². The molecule has 0 bridgehead atoms. The summed E-state index contributed by atoms with van der Waals surface area (Å²) in [6, 6.07) is 5.62. The van der Waals surface area contributed by atoms with Crippen molar-refractivity contribution in [2.24, 2.45) is 11.8 Å². The summed E-state index contributed by atoms with van der Waals surface area (Å²) < 4.78 is 5.40. The number of nitro groups is 1. The van der Waals surface area contributed by atoms with E-state index in [4.69, 9.17) is 4.52 Å². The van der Waals surface area contributed by atoms with Crippen LogP contribution in [0.1, 0.15) is 51.5 Å². The lowest BCUT2D eigenvalue weighted by Gasteiger charge is -2.28. The van der Waals surface area contributed by atoms with Crippen molar-refractivity contribution in [3.05, 3.63) is 40.3 Å². The van der Waals surface area contributed by atoms with E-state index in [1.54, 1.807) is 12.1 Å². The van der Waals surface area contributed by atoms with E-state index in [0.29, 0.717) is 17.3 Å². The normalized spacial score (nSPS) is 16.5. The van der Waals surface area contributed by atoms with Crippen LogP contribution in [0.15, 0.2) is 28.8 Å². The lowest BCUT2D eigenvalue weighted by atomic mass is 9.84. The lowest BCUT2D eigenvalue weighted by Crippen LogP contribution is -2.39. The maximum atomic E-state index is 12.3. The first kappa shape index (κ1) is 18.0. The number of hydrogen-bond donors (Lipinski definition) is 1. The van der Waals surface area contributed by atoms with Gasteiger partial charge in [0.05, 0.1) is 4.92 Å². The summed E-state index contributed by atoms with van der Waals surface area (Å²) in [6.45, 7) is 4.07. The maximum Gasteiger partial charge on any atom is 0.269 e. The Morgan fingerprint density at radius 1 is 1.38 bits per heavy atom. The standard InChI is InChI=1S/C18H22N4O4/c1-3-11(2)15(19-17(23)13-5-4-6-13)18-20-16(21-26-18)12-7-9-14(10-8-12)22(24)25/h7-11,13,15H,3-6H2,1-2H3,(H,19,23)/t11-,15-/m1/s1. The Kier molecular flexibility index (Phi) is 5.29. The zero-order valence-corrected chi connectivity index (χ0v) is 14.8. The quantitative estimate of drug-likeness (QED) is 0.597. The van der Waals surface area contributed by atoms with Crippen LogP contribution >= 0.6 is 0 Å². The summed E-state index contributed by atoms with van der Waals surface area (Å²) in [4.78, 5) is 27.1. The van der Waals surface area contributed by atoms with Crippen molar-refractivity contribution in [3.8, 4) is 11.4 Å². The van der Waals surface area contributed by atoms with Crippen LogP contribution in [0.2, 0.25) is 0 Å². The van der Waals surface area contributed by atoms with E-state index < -0.39 is 4.92 Å². The van der Waals surface area contributed by atoms with Crippen molar-refractivity contribution in [3.63, 3.8) is 0 Å². The van der Waals surface area contributed by atoms with Crippen molar-refractivity contribution in [1.29, 1.82) is 0 Å². The molecule has 8 nitrogen and oxygen atoms in total. The number of amides is 1. The largest absolute Gasteiger partial charge is 0.344 e. The summed E-state index contributed by atoms with van der Waals surface area (Å²) in [6.07, 6.45) is 3.80. The number of carbonyl (C=O) groups is 1. The van der Waals surface area contributed by atoms with Gasteiger partial charge in [-0.15, -0.1) is 0 Å². The minimum Gasteiger partial charge on any atom is -0.344 e. The number of nitro benzene ring substituents is 1. The molecule has 1 fully saturated rings. The smallest absolute Gasteiger partial charge is 0.269 e. The van der Waals surface area contributed by atoms with Gasteiger partial charge in [-0.05, 0) is 30.9 Å². The second-order valence-corrected chi connectivity index (χ2v) is 6.76. The molecule has 0 saturated heterocycles. The molecule has 138 valence electrons. The minimum atomic E-state index is -0.458. The number of benzene rings is 1. The average Bonchev–Trinajstić information content (AvgIpc) is 3.07. The third kappa shape index (κ3) is 3.74. The summed E-state index contributed by atoms with van der Waals surface area (Å²) in [5.74, 6) is 0.973. The van der Waals surface area contributed by atoms with Gasteiger partial charge in [0.25, 0.3) is 5.69 Å². The van der Waals surface area contributed by atoms with Crippen LogP contribution in [0, 0.1) is 22.0 Å². The number of nitrogens with one attached hydrogen (secondary N) is 1. The topological polar surface area (TPSA) is 111 Å². The summed E-state index contributed by atoms with van der Waals surface area (Å²) in [5.41, 5.74) is 0.626. The Hall–Kier alpha value is -2.77. The first-order valence-electron chi connectivity index (χ1n) is 8.88. The van der Waals surface area contributed by atoms with Crippen LogP contribution < -0.4 is 5.32 Å². The third-order valence-corrected chi connectivity index (χ3v) is 5.03. The molecule has 0 spiro atoms. The van der Waals surface area contributed by atoms with Gasteiger partial charge in [0.2, 0.25) is 17.6 Å². The summed E-state index contributed by atoms with van der Waals surface area (Å²) in [7, 11) is 0. The van der Waals surface area contributed by atoms with Crippen LogP contribution in [0.4, 0.5) is 5.69 Å². The van der Waals surface area contributed by atoms with Gasteiger partial charge in [-0.25, -0.2) is 0 Å². The number of hydrogen-bond acceptors (Lipinski definition) is 6. The first-order chi connectivity index (χ1) is 12.5. The fourth-order valence-corrected chi connectivity index (χ4v) is 2.84. The molecule has 1 heterocycles. The number of aromatic nitrogens is 2. The van der Waals surface area contributed by atoms with Gasteiger partial charge >= 0.3 is 0 Å². The van der Waals surface area contributed by atoms with Gasteiger partial charge < -0.3 is 9.84 Å². The highest BCUT2D eigenvalue weighted by Gasteiger charge is 2.31. The molecule has 0 unspecified atom stereocenters. The zero-order valence-electron chi connectivity index (χ0n) is 14.8. The Balaban J connectivity index is 1.79. The van der Waals surface area contributed by atoms with E-state index in [2.05, 4.69) is 15.5 Å². The Bertz CT molecular complexity index is 783. The van der Waals surface area contributed by atoms with Crippen LogP contribution in [0.3, 0.4) is 0 Å². The van der Waals surface area contributed by atoms with E-state index >= 15 is 0 Å². The highest BCUT2D eigenvalue weighted by molar-refractivity contribution is 5.79. The Morgan fingerprint density at radius 2 is 2.08 bits per heavy atom. The molecular weight excluding hydrogens is 336 g/mol. The summed E-state index contributed by atoms with van der Waals surface area (Å²) in [5, 5.41) is 17.8. The molecule has 1 aliphatic carbocycles. The summed E-state index contributed by atoms with van der Waals surface area (Å²) >= 11 is 0. The molecule has 26 heavy (non-hydrogen) atoms. The SMILES string of the molecule is CC[C@@H](C)[C@@H](NC(=O)C1CCC1)c1nc(-c2ccc([N+](=O)[O-])cc2)no1. The highest BCUT2D eigenvalue weighted by Crippen LogP contribution is 2.30. The molecule has 1 aliphatic rings. The van der Waals surface area contributed by atoms with Crippen LogP contribution in [0.5, 0.6) is 0 Å². The van der Waals surface area contributed by atoms with Gasteiger partial charge in [-0.3, -0.25) is 14.9 Å². The van der Waals surface area contributed by atoms with Crippen molar-refractivity contribution >= 4 is 11.6 Å². The minimum absolute atomic E-state index is 0.00251. The van der Waals surface area contributed by atoms with E-state index in [1.807, 2.05) is 13.8 Å². The molecule has 0 aliphatic heterocycles. The van der Waals surface area contributed by atoms with Crippen molar-refractivity contribution in [2.45, 2.75) is 45.6 Å². The monoisotopic (exact) mass is 358 g/mol. The Morgan fingerprint density at radius 3 is 2.62 bits per heavy atom. The number of nitrogens with zero attached hydrogens (tertiary/aromatic N) is 3. The predicted molar refractivity (Wildman–Crippen MR) is 94.1 cm³/mol. The van der Waals surface area contributed by atoms with Crippen molar-refractivity contribution in [2.75, 3.05) is 0 Å². The van der Waals surface area contributed by atoms with E-state index in [0.717, 1.165) is 25.7 Å². The zero-order chi connectivity index (χ0) is 18.7.